The van der Waals surface area contributed by atoms with E-state index in [1.54, 1.807) is 0 Å². The van der Waals surface area contributed by atoms with Gasteiger partial charge in [0.1, 0.15) is 18.1 Å². The van der Waals surface area contributed by atoms with Crippen LogP contribution in [0.1, 0.15) is 24.8 Å². The van der Waals surface area contributed by atoms with Crippen LogP contribution in [0.5, 0.6) is 0 Å². The Bertz CT molecular complexity index is 824. The van der Waals surface area contributed by atoms with Crippen molar-refractivity contribution in [2.75, 3.05) is 25.2 Å². The third kappa shape index (κ3) is 7.72. The van der Waals surface area contributed by atoms with Gasteiger partial charge in [0.2, 0.25) is 17.7 Å². The van der Waals surface area contributed by atoms with Crippen LogP contribution in [0.25, 0.3) is 0 Å². The number of amides is 3. The lowest BCUT2D eigenvalue weighted by molar-refractivity contribution is -0.149. The first-order chi connectivity index (χ1) is 15.8. The van der Waals surface area contributed by atoms with Crippen molar-refractivity contribution in [3.8, 4) is 0 Å². The zero-order valence-electron chi connectivity index (χ0n) is 18.6. The summed E-state index contributed by atoms with van der Waals surface area (Å²) in [5, 5.41) is 24.1. The molecule has 1 fully saturated rings. The molecule has 4 atom stereocenters. The molecule has 4 unspecified atom stereocenters. The lowest BCUT2D eigenvalue weighted by Gasteiger charge is -2.28. The maximum atomic E-state index is 13.0. The number of carboxylic acids is 1. The van der Waals surface area contributed by atoms with Crippen molar-refractivity contribution in [3.05, 3.63) is 35.9 Å². The van der Waals surface area contributed by atoms with Crippen LogP contribution in [0.4, 0.5) is 0 Å². The van der Waals surface area contributed by atoms with E-state index < -0.39 is 54.5 Å². The Morgan fingerprint density at radius 2 is 1.82 bits per heavy atom. The van der Waals surface area contributed by atoms with Gasteiger partial charge in [-0.2, -0.15) is 11.8 Å². The van der Waals surface area contributed by atoms with Gasteiger partial charge in [-0.1, -0.05) is 30.3 Å². The molecular formula is C22H32N4O6S. The molecule has 1 aliphatic heterocycles. The van der Waals surface area contributed by atoms with Gasteiger partial charge in [0, 0.05) is 6.54 Å². The van der Waals surface area contributed by atoms with E-state index in [0.29, 0.717) is 25.1 Å². The highest BCUT2D eigenvalue weighted by Gasteiger charge is 2.38. The molecule has 182 valence electrons. The van der Waals surface area contributed by atoms with Crippen molar-refractivity contribution in [3.63, 3.8) is 0 Å². The number of hydrogen-bond donors (Lipinski definition) is 5. The Labute approximate surface area is 197 Å². The van der Waals surface area contributed by atoms with Crippen LogP contribution in [0.2, 0.25) is 0 Å². The monoisotopic (exact) mass is 480 g/mol. The molecule has 0 radical (unpaired) electrons. The predicted octanol–water partition coefficient (Wildman–Crippen LogP) is -0.653. The number of nitrogens with zero attached hydrogens (tertiary/aromatic N) is 1. The van der Waals surface area contributed by atoms with Crippen LogP contribution in [0.3, 0.4) is 0 Å². The molecule has 3 amide bonds. The largest absolute Gasteiger partial charge is 0.480 e. The average Bonchev–Trinajstić information content (AvgIpc) is 3.30. The zero-order valence-corrected chi connectivity index (χ0v) is 19.4. The number of aliphatic hydroxyl groups is 1. The van der Waals surface area contributed by atoms with Gasteiger partial charge in [0.05, 0.1) is 12.6 Å². The number of thioether (sulfide) groups is 1. The molecule has 11 heteroatoms. The predicted molar refractivity (Wildman–Crippen MR) is 124 cm³/mol. The van der Waals surface area contributed by atoms with E-state index in [1.807, 2.05) is 36.6 Å². The Kier molecular flexibility index (Phi) is 10.6. The first-order valence-corrected chi connectivity index (χ1v) is 12.2. The van der Waals surface area contributed by atoms with Gasteiger partial charge < -0.3 is 31.5 Å². The highest BCUT2D eigenvalue weighted by atomic mass is 32.2. The Hall–Kier alpha value is -2.63. The molecule has 1 aromatic carbocycles. The van der Waals surface area contributed by atoms with E-state index in [2.05, 4.69) is 10.6 Å². The third-order valence-electron chi connectivity index (χ3n) is 5.50. The molecule has 10 nitrogen and oxygen atoms in total. The number of aliphatic carboxylic acids is 1. The molecular weight excluding hydrogens is 448 g/mol. The number of carbonyl (C=O) groups is 4. The molecule has 0 aliphatic carbocycles. The summed E-state index contributed by atoms with van der Waals surface area (Å²) in [7, 11) is 0. The van der Waals surface area contributed by atoms with Gasteiger partial charge in [-0.15, -0.1) is 0 Å². The highest BCUT2D eigenvalue weighted by Crippen LogP contribution is 2.19. The molecule has 0 saturated carbocycles. The summed E-state index contributed by atoms with van der Waals surface area (Å²) >= 11 is 1.48. The normalized spacial score (nSPS) is 18.3. The molecule has 0 aromatic heterocycles. The van der Waals surface area contributed by atoms with Crippen LogP contribution in [0.15, 0.2) is 30.3 Å². The first kappa shape index (κ1) is 26.6. The third-order valence-corrected chi connectivity index (χ3v) is 6.14. The minimum absolute atomic E-state index is 0.257. The summed E-state index contributed by atoms with van der Waals surface area (Å²) in [5.41, 5.74) is 6.80. The Morgan fingerprint density at radius 1 is 1.15 bits per heavy atom. The smallest absolute Gasteiger partial charge is 0.326 e. The summed E-state index contributed by atoms with van der Waals surface area (Å²) in [6.45, 7) is -0.378. The van der Waals surface area contributed by atoms with E-state index in [4.69, 9.17) is 5.73 Å². The topological polar surface area (TPSA) is 162 Å². The van der Waals surface area contributed by atoms with Gasteiger partial charge in [-0.05, 0) is 43.3 Å². The second-order valence-electron chi connectivity index (χ2n) is 7.91. The second-order valence-corrected chi connectivity index (χ2v) is 8.90. The number of hydrogen-bond acceptors (Lipinski definition) is 7. The SMILES string of the molecule is CSCCC(NC(=O)C(CO)NC(=O)C(N)Cc1ccccc1)C(=O)N1CCCC1C(=O)O. The highest BCUT2D eigenvalue weighted by molar-refractivity contribution is 7.98. The van der Waals surface area contributed by atoms with Gasteiger partial charge in [0.15, 0.2) is 0 Å². The van der Waals surface area contributed by atoms with E-state index >= 15 is 0 Å². The lowest BCUT2D eigenvalue weighted by atomic mass is 10.1. The van der Waals surface area contributed by atoms with Crippen molar-refractivity contribution >= 4 is 35.5 Å². The van der Waals surface area contributed by atoms with Crippen molar-refractivity contribution < 1.29 is 29.4 Å². The second kappa shape index (κ2) is 13.2. The fourth-order valence-electron chi connectivity index (χ4n) is 3.69. The summed E-state index contributed by atoms with van der Waals surface area (Å²) in [6, 6.07) is 5.04. The summed E-state index contributed by atoms with van der Waals surface area (Å²) in [4.78, 5) is 51.0. The molecule has 1 aromatic rings. The summed E-state index contributed by atoms with van der Waals surface area (Å²) in [5.74, 6) is -2.34. The molecule has 0 bridgehead atoms. The van der Waals surface area contributed by atoms with Crippen LogP contribution in [-0.2, 0) is 25.6 Å². The zero-order chi connectivity index (χ0) is 24.4. The fraction of sp³-hybridized carbons (Fsp3) is 0.545. The number of nitrogens with two attached hydrogens (primary N) is 1. The molecule has 33 heavy (non-hydrogen) atoms. The van der Waals surface area contributed by atoms with Gasteiger partial charge >= 0.3 is 5.97 Å². The van der Waals surface area contributed by atoms with Gasteiger partial charge in [0.25, 0.3) is 0 Å². The Morgan fingerprint density at radius 3 is 2.42 bits per heavy atom. The number of carboxylic acid groups (broad SMARTS) is 1. The van der Waals surface area contributed by atoms with Crippen molar-refractivity contribution in [2.24, 2.45) is 5.73 Å². The number of rotatable bonds is 12. The number of likely N-dealkylation sites (tertiary alicyclic amines) is 1. The van der Waals surface area contributed by atoms with Gasteiger partial charge in [-0.3, -0.25) is 14.4 Å². The van der Waals surface area contributed by atoms with E-state index in [9.17, 15) is 29.4 Å². The lowest BCUT2D eigenvalue weighted by Crippen LogP contribution is -2.58. The minimum atomic E-state index is -1.29. The van der Waals surface area contributed by atoms with Crippen LogP contribution in [-0.4, -0.2) is 88.1 Å². The molecule has 0 spiro atoms. The van der Waals surface area contributed by atoms with E-state index in [-0.39, 0.29) is 12.8 Å². The maximum Gasteiger partial charge on any atom is 0.326 e. The number of nitrogens with one attached hydrogen (secondary N) is 2. The number of aliphatic hydroxyl groups excluding tert-OH is 1. The molecule has 2 rings (SSSR count). The van der Waals surface area contributed by atoms with Crippen LogP contribution < -0.4 is 16.4 Å². The fourth-order valence-corrected chi connectivity index (χ4v) is 4.16. The molecule has 1 saturated heterocycles. The van der Waals surface area contributed by atoms with Crippen molar-refractivity contribution in [1.29, 1.82) is 0 Å². The molecule has 6 N–H and O–H groups in total. The van der Waals surface area contributed by atoms with Gasteiger partial charge in [-0.25, -0.2) is 4.79 Å². The van der Waals surface area contributed by atoms with Crippen molar-refractivity contribution in [1.82, 2.24) is 15.5 Å². The van der Waals surface area contributed by atoms with Crippen LogP contribution >= 0.6 is 11.8 Å². The Balaban J connectivity index is 2.02. The van der Waals surface area contributed by atoms with E-state index in [1.165, 1.54) is 16.7 Å². The van der Waals surface area contributed by atoms with Crippen molar-refractivity contribution in [2.45, 2.75) is 49.9 Å². The maximum absolute atomic E-state index is 13.0. The quantitative estimate of drug-likeness (QED) is 0.263. The summed E-state index contributed by atoms with van der Waals surface area (Å²) in [6.07, 6.45) is 3.32. The first-order valence-electron chi connectivity index (χ1n) is 10.8. The molecule has 1 aliphatic rings. The van der Waals surface area contributed by atoms with E-state index in [0.717, 1.165) is 5.56 Å². The minimum Gasteiger partial charge on any atom is -0.480 e. The average molecular weight is 481 g/mol. The summed E-state index contributed by atoms with van der Waals surface area (Å²) < 4.78 is 0. The molecule has 1 heterocycles. The van der Waals surface area contributed by atoms with Crippen LogP contribution in [0, 0.1) is 0 Å². The number of benzene rings is 1. The number of carbonyl (C=O) groups excluding carboxylic acids is 3. The standard InChI is InChI=1S/C22H32N4O6S/c1-33-11-9-16(21(30)26-10-5-8-18(26)22(31)32)24-20(29)17(13-27)25-19(28)15(23)12-14-6-3-2-4-7-14/h2-4,6-7,15-18,27H,5,8-13,23H2,1H3,(H,24,29)(H,25,28)(H,31,32).